The van der Waals surface area contributed by atoms with Gasteiger partial charge in [-0.2, -0.15) is 5.48 Å². The zero-order chi connectivity index (χ0) is 8.20. The van der Waals surface area contributed by atoms with Crippen molar-refractivity contribution >= 4 is 0 Å². The smallest absolute Gasteiger partial charge is 0.0813 e. The van der Waals surface area contributed by atoms with E-state index in [1.54, 1.807) is 0 Å². The van der Waals surface area contributed by atoms with E-state index in [9.17, 15) is 0 Å². The van der Waals surface area contributed by atoms with Crippen LogP contribution in [0.25, 0.3) is 0 Å². The predicted molar refractivity (Wildman–Crippen MR) is 40.5 cm³/mol. The topological polar surface area (TPSA) is 41.5 Å². The predicted octanol–water partition coefficient (Wildman–Crippen LogP) is 0.687. The average Bonchev–Trinajstić information content (AvgIpc) is 1.81. The van der Waals surface area contributed by atoms with Crippen LogP contribution in [0.2, 0.25) is 0 Å². The molecule has 62 valence electrons. The molecule has 0 aromatic rings. The first-order valence-corrected chi connectivity index (χ1v) is 3.50. The highest BCUT2D eigenvalue weighted by atomic mass is 16.7. The van der Waals surface area contributed by atoms with Crippen molar-refractivity contribution in [3.63, 3.8) is 0 Å². The Morgan fingerprint density at radius 3 is 2.30 bits per heavy atom. The molecule has 0 aromatic heterocycles. The normalized spacial score (nSPS) is 15.3. The maximum Gasteiger partial charge on any atom is 0.0813 e. The Morgan fingerprint density at radius 2 is 2.00 bits per heavy atom. The van der Waals surface area contributed by atoms with Crippen molar-refractivity contribution in [2.75, 3.05) is 6.61 Å². The summed E-state index contributed by atoms with van der Waals surface area (Å²) in [5, 5.41) is 8.59. The lowest BCUT2D eigenvalue weighted by atomic mass is 10.2. The first kappa shape index (κ1) is 9.88. The van der Waals surface area contributed by atoms with Crippen LogP contribution in [-0.4, -0.2) is 23.4 Å². The third-order valence-electron chi connectivity index (χ3n) is 0.840. The number of aliphatic hydroxyl groups is 1. The van der Waals surface area contributed by atoms with E-state index in [-0.39, 0.29) is 18.2 Å². The molecule has 10 heavy (non-hydrogen) atoms. The standard InChI is InChI=1S/C7H17NO2/c1-6(5-9)8-10-7(2,3)4/h6,8-9H,5H2,1-4H3. The van der Waals surface area contributed by atoms with Crippen molar-refractivity contribution in [3.8, 4) is 0 Å². The number of nitrogens with one attached hydrogen (secondary N) is 1. The fourth-order valence-electron chi connectivity index (χ4n) is 0.315. The molecule has 0 heterocycles. The lowest BCUT2D eigenvalue weighted by Gasteiger charge is -2.21. The summed E-state index contributed by atoms with van der Waals surface area (Å²) in [7, 11) is 0. The molecule has 0 amide bonds. The molecule has 1 unspecified atom stereocenters. The summed E-state index contributed by atoms with van der Waals surface area (Å²) in [5.41, 5.74) is 2.53. The minimum atomic E-state index is -0.191. The molecular formula is C7H17NO2. The lowest BCUT2D eigenvalue weighted by molar-refractivity contribution is -0.0914. The van der Waals surface area contributed by atoms with Crippen LogP contribution in [0.15, 0.2) is 0 Å². The molecule has 1 atom stereocenters. The molecule has 0 aliphatic heterocycles. The minimum absolute atomic E-state index is 0.000718. The second kappa shape index (κ2) is 3.91. The lowest BCUT2D eigenvalue weighted by Crippen LogP contribution is -2.36. The van der Waals surface area contributed by atoms with Crippen LogP contribution in [0.3, 0.4) is 0 Å². The summed E-state index contributed by atoms with van der Waals surface area (Å²) in [5.74, 6) is 0. The Bertz CT molecular complexity index is 88.1. The first-order valence-electron chi connectivity index (χ1n) is 3.50. The van der Waals surface area contributed by atoms with E-state index >= 15 is 0 Å². The number of rotatable bonds is 3. The quantitative estimate of drug-likeness (QED) is 0.577. The maximum atomic E-state index is 8.59. The summed E-state index contributed by atoms with van der Waals surface area (Å²) in [6.45, 7) is 7.79. The van der Waals surface area contributed by atoms with Gasteiger partial charge in [0.25, 0.3) is 0 Å². The second-order valence-corrected chi connectivity index (χ2v) is 3.42. The number of hydroxylamine groups is 1. The molecule has 0 aliphatic carbocycles. The SMILES string of the molecule is CC(CO)NOC(C)(C)C. The van der Waals surface area contributed by atoms with E-state index in [2.05, 4.69) is 5.48 Å². The van der Waals surface area contributed by atoms with Gasteiger partial charge in [0.1, 0.15) is 0 Å². The molecule has 3 nitrogen and oxygen atoms in total. The van der Waals surface area contributed by atoms with Crippen molar-refractivity contribution in [1.82, 2.24) is 5.48 Å². The van der Waals surface area contributed by atoms with Gasteiger partial charge in [0.05, 0.1) is 18.2 Å². The van der Waals surface area contributed by atoms with Crippen molar-refractivity contribution < 1.29 is 9.94 Å². The first-order chi connectivity index (χ1) is 4.45. The van der Waals surface area contributed by atoms with E-state index < -0.39 is 0 Å². The molecule has 3 heteroatoms. The van der Waals surface area contributed by atoms with Crippen LogP contribution in [0.4, 0.5) is 0 Å². The van der Waals surface area contributed by atoms with Gasteiger partial charge in [-0.25, -0.2) is 0 Å². The third kappa shape index (κ3) is 6.01. The summed E-state index contributed by atoms with van der Waals surface area (Å²) in [4.78, 5) is 5.17. The zero-order valence-corrected chi connectivity index (χ0v) is 7.14. The highest BCUT2D eigenvalue weighted by Gasteiger charge is 2.11. The minimum Gasteiger partial charge on any atom is -0.395 e. The van der Waals surface area contributed by atoms with Crippen LogP contribution < -0.4 is 5.48 Å². The molecule has 0 radical (unpaired) electrons. The summed E-state index contributed by atoms with van der Waals surface area (Å²) in [6, 6.07) is -0.000718. The Kier molecular flexibility index (Phi) is 3.86. The fourth-order valence-corrected chi connectivity index (χ4v) is 0.315. The molecule has 0 aliphatic rings. The molecule has 0 spiro atoms. The van der Waals surface area contributed by atoms with E-state index in [4.69, 9.17) is 9.94 Å². The van der Waals surface area contributed by atoms with Crippen LogP contribution in [0.5, 0.6) is 0 Å². The second-order valence-electron chi connectivity index (χ2n) is 3.42. The monoisotopic (exact) mass is 147 g/mol. The molecule has 2 N–H and O–H groups in total. The Morgan fingerprint density at radius 1 is 1.50 bits per heavy atom. The van der Waals surface area contributed by atoms with Crippen LogP contribution in [0, 0.1) is 0 Å². The van der Waals surface area contributed by atoms with E-state index in [1.807, 2.05) is 27.7 Å². The fraction of sp³-hybridized carbons (Fsp3) is 1.00. The molecule has 0 saturated carbocycles. The van der Waals surface area contributed by atoms with Gasteiger partial charge in [-0.15, -0.1) is 0 Å². The Balaban J connectivity index is 3.36. The van der Waals surface area contributed by atoms with E-state index in [0.29, 0.717) is 0 Å². The van der Waals surface area contributed by atoms with Gasteiger partial charge in [-0.1, -0.05) is 0 Å². The molecule has 0 bridgehead atoms. The van der Waals surface area contributed by atoms with Crippen molar-refractivity contribution in [2.24, 2.45) is 0 Å². The maximum absolute atomic E-state index is 8.59. The molecule has 0 saturated heterocycles. The van der Waals surface area contributed by atoms with Crippen LogP contribution in [-0.2, 0) is 4.84 Å². The molecule has 0 fully saturated rings. The van der Waals surface area contributed by atoms with E-state index in [0.717, 1.165) is 0 Å². The zero-order valence-electron chi connectivity index (χ0n) is 7.14. The Labute approximate surface area is 62.3 Å². The highest BCUT2D eigenvalue weighted by Crippen LogP contribution is 2.03. The third-order valence-corrected chi connectivity index (χ3v) is 0.840. The van der Waals surface area contributed by atoms with Gasteiger partial charge in [-0.3, -0.25) is 4.84 Å². The van der Waals surface area contributed by atoms with E-state index in [1.165, 1.54) is 0 Å². The Hall–Kier alpha value is -0.120. The van der Waals surface area contributed by atoms with Crippen molar-refractivity contribution in [3.05, 3.63) is 0 Å². The van der Waals surface area contributed by atoms with Gasteiger partial charge in [0.2, 0.25) is 0 Å². The van der Waals surface area contributed by atoms with Crippen molar-refractivity contribution in [1.29, 1.82) is 0 Å². The number of aliphatic hydroxyl groups excluding tert-OH is 1. The summed E-state index contributed by atoms with van der Waals surface area (Å²) in [6.07, 6.45) is 0. The highest BCUT2D eigenvalue weighted by molar-refractivity contribution is 4.58. The van der Waals surface area contributed by atoms with Gasteiger partial charge >= 0.3 is 0 Å². The number of hydrogen-bond acceptors (Lipinski definition) is 3. The number of hydrogen-bond donors (Lipinski definition) is 2. The van der Waals surface area contributed by atoms with Gasteiger partial charge in [-0.05, 0) is 27.7 Å². The molecule has 0 rings (SSSR count). The molecular weight excluding hydrogens is 130 g/mol. The van der Waals surface area contributed by atoms with Crippen LogP contribution in [0.1, 0.15) is 27.7 Å². The summed E-state index contributed by atoms with van der Waals surface area (Å²) >= 11 is 0. The average molecular weight is 147 g/mol. The largest absolute Gasteiger partial charge is 0.395 e. The van der Waals surface area contributed by atoms with Gasteiger partial charge in [0, 0.05) is 0 Å². The van der Waals surface area contributed by atoms with Crippen molar-refractivity contribution in [2.45, 2.75) is 39.3 Å². The van der Waals surface area contributed by atoms with Gasteiger partial charge in [0.15, 0.2) is 0 Å². The van der Waals surface area contributed by atoms with Crippen LogP contribution >= 0.6 is 0 Å². The summed E-state index contributed by atoms with van der Waals surface area (Å²) < 4.78 is 0. The van der Waals surface area contributed by atoms with Gasteiger partial charge < -0.3 is 5.11 Å². The molecule has 0 aromatic carbocycles.